The van der Waals surface area contributed by atoms with Crippen LogP contribution in [0.4, 0.5) is 0 Å². The maximum atomic E-state index is 11.5. The second kappa shape index (κ2) is 6.33. The van der Waals surface area contributed by atoms with E-state index >= 15 is 0 Å². The van der Waals surface area contributed by atoms with Gasteiger partial charge in [-0.25, -0.2) is 18.2 Å². The molecule has 0 unspecified atom stereocenters. The molecule has 1 aromatic heterocycles. The molecule has 26 heavy (non-hydrogen) atoms. The highest BCUT2D eigenvalue weighted by molar-refractivity contribution is 9.10. The van der Waals surface area contributed by atoms with Crippen LogP contribution in [-0.2, 0) is 10.0 Å². The van der Waals surface area contributed by atoms with Gasteiger partial charge in [0.25, 0.3) is 0 Å². The predicted octanol–water partition coefficient (Wildman–Crippen LogP) is 4.14. The number of benzene rings is 2. The van der Waals surface area contributed by atoms with E-state index < -0.39 is 10.0 Å². The van der Waals surface area contributed by atoms with Crippen molar-refractivity contribution in [1.82, 2.24) is 9.78 Å². The summed E-state index contributed by atoms with van der Waals surface area (Å²) in [6, 6.07) is 14.8. The van der Waals surface area contributed by atoms with E-state index in [1.54, 1.807) is 12.1 Å². The Morgan fingerprint density at radius 1 is 1.12 bits per heavy atom. The fourth-order valence-corrected chi connectivity index (χ4v) is 3.89. The molecule has 0 saturated heterocycles. The van der Waals surface area contributed by atoms with Crippen LogP contribution >= 0.6 is 15.9 Å². The average molecular weight is 432 g/mol. The molecule has 1 fully saturated rings. The van der Waals surface area contributed by atoms with Gasteiger partial charge in [0, 0.05) is 16.0 Å². The summed E-state index contributed by atoms with van der Waals surface area (Å²) in [5.74, 6) is 0.520. The molecule has 3 aromatic rings. The van der Waals surface area contributed by atoms with E-state index in [2.05, 4.69) is 41.1 Å². The lowest BCUT2D eigenvalue weighted by atomic mass is 10.0. The van der Waals surface area contributed by atoms with Gasteiger partial charge in [-0.15, -0.1) is 0 Å². The molecule has 4 rings (SSSR count). The van der Waals surface area contributed by atoms with Crippen molar-refractivity contribution in [2.45, 2.75) is 30.6 Å². The zero-order chi connectivity index (χ0) is 18.5. The smallest absolute Gasteiger partial charge is 0.233 e. The number of hydrogen-bond donors (Lipinski definition) is 1. The average Bonchev–Trinajstić information content (AvgIpc) is 3.35. The molecule has 0 amide bonds. The van der Waals surface area contributed by atoms with E-state index in [1.807, 2.05) is 10.7 Å². The van der Waals surface area contributed by atoms with Crippen LogP contribution in [0.5, 0.6) is 0 Å². The zero-order valence-electron chi connectivity index (χ0n) is 14.2. The highest BCUT2D eigenvalue weighted by atomic mass is 79.9. The summed E-state index contributed by atoms with van der Waals surface area (Å²) >= 11 is 3.54. The molecule has 0 atom stereocenters. The molecule has 0 aliphatic heterocycles. The van der Waals surface area contributed by atoms with Crippen LogP contribution in [0.15, 0.2) is 57.9 Å². The van der Waals surface area contributed by atoms with Gasteiger partial charge in [-0.2, -0.15) is 5.10 Å². The first-order chi connectivity index (χ1) is 12.3. The molecule has 134 valence electrons. The second-order valence-corrected chi connectivity index (χ2v) is 9.12. The van der Waals surface area contributed by atoms with Gasteiger partial charge in [0.2, 0.25) is 10.0 Å². The van der Waals surface area contributed by atoms with E-state index in [1.165, 1.54) is 12.1 Å². The van der Waals surface area contributed by atoms with Crippen molar-refractivity contribution >= 4 is 26.0 Å². The van der Waals surface area contributed by atoms with Gasteiger partial charge >= 0.3 is 0 Å². The van der Waals surface area contributed by atoms with Gasteiger partial charge in [0.15, 0.2) is 0 Å². The molecule has 2 aromatic carbocycles. The van der Waals surface area contributed by atoms with Crippen LogP contribution in [0.2, 0.25) is 0 Å². The Bertz CT molecular complexity index is 1080. The van der Waals surface area contributed by atoms with Crippen LogP contribution in [0, 0.1) is 6.92 Å². The van der Waals surface area contributed by atoms with Crippen molar-refractivity contribution in [3.05, 3.63) is 64.3 Å². The summed E-state index contributed by atoms with van der Waals surface area (Å²) in [6.45, 7) is 2.07. The monoisotopic (exact) mass is 431 g/mol. The van der Waals surface area contributed by atoms with Gasteiger partial charge in [-0.1, -0.05) is 22.0 Å². The Morgan fingerprint density at radius 2 is 1.81 bits per heavy atom. The molecule has 0 spiro atoms. The van der Waals surface area contributed by atoms with E-state index in [4.69, 9.17) is 10.2 Å². The number of aromatic nitrogens is 2. The third-order valence-corrected chi connectivity index (χ3v) is 6.03. The van der Waals surface area contributed by atoms with E-state index in [-0.39, 0.29) is 4.90 Å². The first kappa shape index (κ1) is 17.5. The van der Waals surface area contributed by atoms with Crippen LogP contribution in [-0.4, -0.2) is 18.2 Å². The molecule has 1 heterocycles. The summed E-state index contributed by atoms with van der Waals surface area (Å²) in [5, 5.41) is 10.0. The van der Waals surface area contributed by atoms with Gasteiger partial charge in [-0.3, -0.25) is 0 Å². The van der Waals surface area contributed by atoms with Crippen molar-refractivity contribution in [3.8, 4) is 16.9 Å². The van der Waals surface area contributed by atoms with Gasteiger partial charge in [0.1, 0.15) is 0 Å². The molecule has 7 heteroatoms. The van der Waals surface area contributed by atoms with Crippen molar-refractivity contribution in [2.75, 3.05) is 0 Å². The summed E-state index contributed by atoms with van der Waals surface area (Å²) in [5.41, 5.74) is 5.12. The molecular weight excluding hydrogens is 414 g/mol. The number of rotatable bonds is 4. The lowest BCUT2D eigenvalue weighted by molar-refractivity contribution is 0.598. The van der Waals surface area contributed by atoms with E-state index in [0.717, 1.165) is 45.5 Å². The Balaban J connectivity index is 1.86. The largest absolute Gasteiger partial charge is 0.238 e. The number of halogens is 1. The van der Waals surface area contributed by atoms with Crippen LogP contribution in [0.1, 0.15) is 30.0 Å². The number of nitrogens with zero attached hydrogens (tertiary/aromatic N) is 2. The van der Waals surface area contributed by atoms with Gasteiger partial charge in [-0.05, 0) is 67.8 Å². The fraction of sp³-hybridized carbons (Fsp3) is 0.211. The predicted molar refractivity (Wildman–Crippen MR) is 105 cm³/mol. The van der Waals surface area contributed by atoms with Gasteiger partial charge in [0.05, 0.1) is 22.0 Å². The Kier molecular flexibility index (Phi) is 4.25. The number of hydrogen-bond acceptors (Lipinski definition) is 3. The summed E-state index contributed by atoms with van der Waals surface area (Å²) in [7, 11) is -3.71. The first-order valence-electron chi connectivity index (χ1n) is 8.32. The Hall–Kier alpha value is -1.96. The van der Waals surface area contributed by atoms with Crippen molar-refractivity contribution in [2.24, 2.45) is 5.14 Å². The van der Waals surface area contributed by atoms with Crippen LogP contribution < -0.4 is 5.14 Å². The summed E-state index contributed by atoms with van der Waals surface area (Å²) in [6.07, 6.45) is 2.33. The Morgan fingerprint density at radius 3 is 2.42 bits per heavy atom. The summed E-state index contributed by atoms with van der Waals surface area (Å²) < 4.78 is 25.9. The topological polar surface area (TPSA) is 78.0 Å². The quantitative estimate of drug-likeness (QED) is 0.673. The molecule has 1 saturated carbocycles. The number of nitrogens with two attached hydrogens (primary N) is 1. The third kappa shape index (κ3) is 3.34. The number of primary sulfonamides is 1. The lowest BCUT2D eigenvalue weighted by Crippen LogP contribution is -2.12. The van der Waals surface area contributed by atoms with E-state index in [0.29, 0.717) is 5.92 Å². The highest BCUT2D eigenvalue weighted by Gasteiger charge is 2.28. The second-order valence-electron chi connectivity index (χ2n) is 6.64. The SMILES string of the molecule is Cc1ccc(Br)cc1-c1cc(C2CC2)nn1-c1ccc(S(N)(=O)=O)cc1. The minimum atomic E-state index is -3.71. The summed E-state index contributed by atoms with van der Waals surface area (Å²) in [4.78, 5) is 0.0935. The van der Waals surface area contributed by atoms with E-state index in [9.17, 15) is 8.42 Å². The minimum Gasteiger partial charge on any atom is -0.233 e. The van der Waals surface area contributed by atoms with Crippen LogP contribution in [0.25, 0.3) is 16.9 Å². The standard InChI is InChI=1S/C19H18BrN3O2S/c1-12-2-5-14(20)10-17(12)19-11-18(13-3-4-13)22-23(19)15-6-8-16(9-7-15)26(21,24)25/h2,5-11,13H,3-4H2,1H3,(H2,21,24,25). The van der Waals surface area contributed by atoms with Crippen molar-refractivity contribution < 1.29 is 8.42 Å². The Labute approximate surface area is 161 Å². The maximum absolute atomic E-state index is 11.5. The minimum absolute atomic E-state index is 0.0935. The zero-order valence-corrected chi connectivity index (χ0v) is 16.6. The number of sulfonamides is 1. The van der Waals surface area contributed by atoms with Crippen molar-refractivity contribution in [3.63, 3.8) is 0 Å². The third-order valence-electron chi connectivity index (χ3n) is 4.61. The molecule has 0 radical (unpaired) electrons. The molecule has 1 aliphatic carbocycles. The molecular formula is C19H18BrN3O2S. The fourth-order valence-electron chi connectivity index (χ4n) is 3.01. The maximum Gasteiger partial charge on any atom is 0.238 e. The molecule has 5 nitrogen and oxygen atoms in total. The lowest BCUT2D eigenvalue weighted by Gasteiger charge is -2.11. The highest BCUT2D eigenvalue weighted by Crippen LogP contribution is 2.41. The first-order valence-corrected chi connectivity index (χ1v) is 10.7. The molecule has 2 N–H and O–H groups in total. The van der Waals surface area contributed by atoms with Crippen LogP contribution in [0.3, 0.4) is 0 Å². The normalized spacial score (nSPS) is 14.6. The molecule has 1 aliphatic rings. The van der Waals surface area contributed by atoms with Crippen molar-refractivity contribution in [1.29, 1.82) is 0 Å². The number of aryl methyl sites for hydroxylation is 1. The van der Waals surface area contributed by atoms with Gasteiger partial charge < -0.3 is 0 Å². The molecule has 0 bridgehead atoms.